The van der Waals surface area contributed by atoms with Crippen molar-refractivity contribution in [3.63, 3.8) is 0 Å². The van der Waals surface area contributed by atoms with E-state index in [0.29, 0.717) is 18.8 Å². The van der Waals surface area contributed by atoms with Crippen molar-refractivity contribution in [1.82, 2.24) is 20.5 Å². The van der Waals surface area contributed by atoms with Crippen molar-refractivity contribution in [3.05, 3.63) is 33.0 Å². The van der Waals surface area contributed by atoms with Gasteiger partial charge >= 0.3 is 0 Å². The number of carbonyl (C=O) groups is 1. The van der Waals surface area contributed by atoms with Gasteiger partial charge < -0.3 is 10.1 Å². The standard InChI is InChI=1S/C15H20N4O2S/c1-15(2,3)14-17-12(8-22-14)13(20)16-6-11-9-7-21-5-4-10(9)18-19-11/h8H,4-7H2,1-3H3,(H,16,20)(H,18,19). The molecule has 0 aliphatic carbocycles. The minimum absolute atomic E-state index is 0.0399. The molecule has 0 bridgehead atoms. The normalized spacial score (nSPS) is 14.7. The zero-order valence-corrected chi connectivity index (χ0v) is 13.8. The first-order chi connectivity index (χ1) is 10.4. The number of H-pyrrole nitrogens is 1. The molecule has 2 N–H and O–H groups in total. The molecule has 0 aromatic carbocycles. The summed E-state index contributed by atoms with van der Waals surface area (Å²) in [5.41, 5.74) is 3.45. The molecule has 1 aliphatic heterocycles. The van der Waals surface area contributed by atoms with E-state index in [1.807, 2.05) is 0 Å². The number of hydrogen-bond acceptors (Lipinski definition) is 5. The highest BCUT2D eigenvalue weighted by molar-refractivity contribution is 7.10. The molecule has 2 aromatic heterocycles. The van der Waals surface area contributed by atoms with Gasteiger partial charge in [-0.05, 0) is 0 Å². The Labute approximate surface area is 133 Å². The number of ether oxygens (including phenoxy) is 1. The molecular weight excluding hydrogens is 300 g/mol. The maximum atomic E-state index is 12.2. The second-order valence-electron chi connectivity index (χ2n) is 6.40. The van der Waals surface area contributed by atoms with Crippen molar-refractivity contribution in [2.45, 2.75) is 45.8 Å². The largest absolute Gasteiger partial charge is 0.376 e. The number of nitrogens with zero attached hydrogens (tertiary/aromatic N) is 2. The average molecular weight is 320 g/mol. The smallest absolute Gasteiger partial charge is 0.271 e. The second kappa shape index (κ2) is 5.81. The van der Waals surface area contributed by atoms with E-state index in [4.69, 9.17) is 4.74 Å². The van der Waals surface area contributed by atoms with Gasteiger partial charge in [0.25, 0.3) is 5.91 Å². The molecule has 0 saturated carbocycles. The molecule has 6 nitrogen and oxygen atoms in total. The molecule has 0 atom stereocenters. The highest BCUT2D eigenvalue weighted by atomic mass is 32.1. The summed E-state index contributed by atoms with van der Waals surface area (Å²) >= 11 is 1.52. The number of hydrogen-bond donors (Lipinski definition) is 2. The topological polar surface area (TPSA) is 79.9 Å². The Balaban J connectivity index is 1.65. The molecule has 118 valence electrons. The van der Waals surface area contributed by atoms with Gasteiger partial charge in [-0.2, -0.15) is 5.10 Å². The molecule has 0 fully saturated rings. The van der Waals surface area contributed by atoms with Gasteiger partial charge in [0.05, 0.1) is 30.5 Å². The Kier molecular flexibility index (Phi) is 4.01. The molecule has 2 aromatic rings. The van der Waals surface area contributed by atoms with Crippen LogP contribution >= 0.6 is 11.3 Å². The Bertz CT molecular complexity index is 684. The van der Waals surface area contributed by atoms with E-state index in [-0.39, 0.29) is 11.3 Å². The summed E-state index contributed by atoms with van der Waals surface area (Å²) in [5.74, 6) is -0.166. The monoisotopic (exact) mass is 320 g/mol. The van der Waals surface area contributed by atoms with E-state index in [2.05, 4.69) is 41.3 Å². The molecule has 0 spiro atoms. The lowest BCUT2D eigenvalue weighted by Crippen LogP contribution is -2.24. The summed E-state index contributed by atoms with van der Waals surface area (Å²) in [5, 5.41) is 12.9. The van der Waals surface area contributed by atoms with Crippen LogP contribution in [0.25, 0.3) is 0 Å². The number of thiazole rings is 1. The predicted octanol–water partition coefficient (Wildman–Crippen LogP) is 2.17. The number of carbonyl (C=O) groups excluding carboxylic acids is 1. The quantitative estimate of drug-likeness (QED) is 0.908. The van der Waals surface area contributed by atoms with E-state index >= 15 is 0 Å². The first-order valence-corrected chi connectivity index (χ1v) is 8.20. The lowest BCUT2D eigenvalue weighted by molar-refractivity contribution is 0.0943. The zero-order chi connectivity index (χ0) is 15.7. The van der Waals surface area contributed by atoms with Gasteiger partial charge in [0, 0.05) is 28.5 Å². The molecule has 3 heterocycles. The molecular formula is C15H20N4O2S. The Morgan fingerprint density at radius 1 is 1.50 bits per heavy atom. The molecule has 1 amide bonds. The van der Waals surface area contributed by atoms with Gasteiger partial charge in [0.1, 0.15) is 5.69 Å². The van der Waals surface area contributed by atoms with Crippen molar-refractivity contribution in [1.29, 1.82) is 0 Å². The third kappa shape index (κ3) is 3.05. The molecule has 22 heavy (non-hydrogen) atoms. The van der Waals surface area contributed by atoms with Gasteiger partial charge in [-0.15, -0.1) is 11.3 Å². The van der Waals surface area contributed by atoms with Crippen molar-refractivity contribution in [3.8, 4) is 0 Å². The van der Waals surface area contributed by atoms with E-state index in [1.165, 1.54) is 11.3 Å². The summed E-state index contributed by atoms with van der Waals surface area (Å²) in [6, 6.07) is 0. The van der Waals surface area contributed by atoms with Crippen LogP contribution in [0.2, 0.25) is 0 Å². The first-order valence-electron chi connectivity index (χ1n) is 7.32. The fourth-order valence-electron chi connectivity index (χ4n) is 2.29. The van der Waals surface area contributed by atoms with Crippen LogP contribution in [0.4, 0.5) is 0 Å². The SMILES string of the molecule is CC(C)(C)c1nc(C(=O)NCc2n[nH]c3c2COCC3)cs1. The summed E-state index contributed by atoms with van der Waals surface area (Å²) in [7, 11) is 0. The lowest BCUT2D eigenvalue weighted by atomic mass is 9.98. The summed E-state index contributed by atoms with van der Waals surface area (Å²) in [6.45, 7) is 7.92. The number of aromatic nitrogens is 3. The fraction of sp³-hybridized carbons (Fsp3) is 0.533. The third-order valence-corrected chi connectivity index (χ3v) is 4.84. The van der Waals surface area contributed by atoms with Gasteiger partial charge in [0.15, 0.2) is 0 Å². The van der Waals surface area contributed by atoms with Crippen LogP contribution in [0.15, 0.2) is 5.38 Å². The fourth-order valence-corrected chi connectivity index (χ4v) is 3.18. The van der Waals surface area contributed by atoms with E-state index in [9.17, 15) is 4.79 Å². The summed E-state index contributed by atoms with van der Waals surface area (Å²) < 4.78 is 5.44. The number of nitrogens with one attached hydrogen (secondary N) is 2. The lowest BCUT2D eigenvalue weighted by Gasteiger charge is -2.13. The van der Waals surface area contributed by atoms with Gasteiger partial charge in [-0.1, -0.05) is 20.8 Å². The summed E-state index contributed by atoms with van der Waals surface area (Å²) in [4.78, 5) is 16.6. The van der Waals surface area contributed by atoms with Crippen molar-refractivity contribution in [2.24, 2.45) is 0 Å². The zero-order valence-electron chi connectivity index (χ0n) is 13.0. The number of fused-ring (bicyclic) bond motifs is 1. The van der Waals surface area contributed by atoms with Crippen LogP contribution in [0, 0.1) is 0 Å². The number of amides is 1. The van der Waals surface area contributed by atoms with E-state index in [0.717, 1.165) is 35.0 Å². The van der Waals surface area contributed by atoms with Gasteiger partial charge in [-0.25, -0.2) is 4.98 Å². The van der Waals surface area contributed by atoms with E-state index in [1.54, 1.807) is 5.38 Å². The Morgan fingerprint density at radius 2 is 2.32 bits per heavy atom. The average Bonchev–Trinajstić information content (AvgIpc) is 3.11. The summed E-state index contributed by atoms with van der Waals surface area (Å²) in [6.07, 6.45) is 0.845. The minimum atomic E-state index is -0.166. The van der Waals surface area contributed by atoms with Gasteiger partial charge in [-0.3, -0.25) is 9.89 Å². The number of aromatic amines is 1. The maximum absolute atomic E-state index is 12.2. The van der Waals surface area contributed by atoms with Crippen LogP contribution in [-0.4, -0.2) is 27.7 Å². The van der Waals surface area contributed by atoms with Crippen molar-refractivity contribution < 1.29 is 9.53 Å². The highest BCUT2D eigenvalue weighted by Crippen LogP contribution is 2.25. The third-order valence-electron chi connectivity index (χ3n) is 3.58. The first kappa shape index (κ1) is 15.2. The van der Waals surface area contributed by atoms with E-state index < -0.39 is 0 Å². The van der Waals surface area contributed by atoms with Crippen LogP contribution < -0.4 is 5.32 Å². The molecule has 7 heteroatoms. The molecule has 1 aliphatic rings. The second-order valence-corrected chi connectivity index (χ2v) is 7.26. The van der Waals surface area contributed by atoms with Crippen molar-refractivity contribution in [2.75, 3.05) is 6.61 Å². The molecule has 0 unspecified atom stereocenters. The van der Waals surface area contributed by atoms with Gasteiger partial charge in [0.2, 0.25) is 0 Å². The molecule has 0 radical (unpaired) electrons. The van der Waals surface area contributed by atoms with Crippen molar-refractivity contribution >= 4 is 17.2 Å². The molecule has 3 rings (SSSR count). The van der Waals surface area contributed by atoms with Crippen LogP contribution in [0.5, 0.6) is 0 Å². The van der Waals surface area contributed by atoms with Crippen LogP contribution in [0.1, 0.15) is 53.2 Å². The number of rotatable bonds is 3. The van der Waals surface area contributed by atoms with Crippen LogP contribution in [-0.2, 0) is 29.7 Å². The minimum Gasteiger partial charge on any atom is -0.376 e. The Morgan fingerprint density at radius 3 is 3.05 bits per heavy atom. The maximum Gasteiger partial charge on any atom is 0.271 e. The Hall–Kier alpha value is -1.73. The predicted molar refractivity (Wildman–Crippen MR) is 83.9 cm³/mol. The highest BCUT2D eigenvalue weighted by Gasteiger charge is 2.21. The molecule has 0 saturated heterocycles. The van der Waals surface area contributed by atoms with Crippen LogP contribution in [0.3, 0.4) is 0 Å².